The molecule has 1 saturated carbocycles. The number of allylic oxidation sites excluding steroid dienone is 1. The molecule has 0 radical (unpaired) electrons. The molecule has 1 aromatic rings. The van der Waals surface area contributed by atoms with Crippen LogP contribution in [0.5, 0.6) is 5.75 Å². The lowest BCUT2D eigenvalue weighted by atomic mass is 9.52. The minimum Gasteiger partial charge on any atom is -0.508 e. The average molecular weight is 476 g/mol. The van der Waals surface area contributed by atoms with E-state index in [-0.39, 0.29) is 0 Å². The molecule has 5 N–H and O–H groups in total. The van der Waals surface area contributed by atoms with E-state index in [2.05, 4.69) is 37.0 Å². The molecule has 0 unspecified atom stereocenters. The normalized spacial score (nSPS) is 27.9. The molecule has 2 aliphatic carbocycles. The number of carbonyl (C=O) groups is 2. The van der Waals surface area contributed by atoms with Crippen LogP contribution in [-0.4, -0.2) is 73.7 Å². The Kier molecular flexibility index (Phi) is 8.38. The van der Waals surface area contributed by atoms with E-state index in [0.717, 1.165) is 18.9 Å². The smallest absolute Gasteiger partial charge is 0.335 e. The second-order valence-corrected chi connectivity index (χ2v) is 9.84. The predicted octanol–water partition coefficient (Wildman–Crippen LogP) is 2.68. The van der Waals surface area contributed by atoms with E-state index < -0.39 is 24.1 Å². The number of likely N-dealkylation sites (tertiary alicyclic amines) is 1. The Hall–Kier alpha value is -2.42. The third-order valence-corrected chi connectivity index (χ3v) is 7.97. The molecule has 1 aromatic carbocycles. The lowest BCUT2D eigenvalue weighted by Gasteiger charge is -2.59. The summed E-state index contributed by atoms with van der Waals surface area (Å²) in [5.74, 6) is -2.30. The molecule has 1 aliphatic heterocycles. The van der Waals surface area contributed by atoms with Gasteiger partial charge in [-0.3, -0.25) is 4.90 Å². The number of nitrogens with zero attached hydrogens (tertiary/aromatic N) is 1. The zero-order valence-electron chi connectivity index (χ0n) is 20.0. The summed E-state index contributed by atoms with van der Waals surface area (Å²) in [6.07, 6.45) is 6.94. The number of carboxylic acid groups (broad SMARTS) is 2. The Morgan fingerprint density at radius 1 is 1.15 bits per heavy atom. The number of carboxylic acids is 2. The van der Waals surface area contributed by atoms with Gasteiger partial charge < -0.3 is 25.5 Å². The number of rotatable bonds is 6. The molecule has 8 heteroatoms. The molecule has 4 rings (SSSR count). The first-order valence-corrected chi connectivity index (χ1v) is 12.1. The van der Waals surface area contributed by atoms with E-state index in [4.69, 9.17) is 20.4 Å². The lowest BCUT2D eigenvalue weighted by Crippen LogP contribution is -2.60. The predicted molar refractivity (Wildman–Crippen MR) is 127 cm³/mol. The number of aliphatic hydroxyl groups is 2. The van der Waals surface area contributed by atoms with E-state index in [0.29, 0.717) is 17.2 Å². The fourth-order valence-electron chi connectivity index (χ4n) is 5.99. The molecule has 1 heterocycles. The summed E-state index contributed by atoms with van der Waals surface area (Å²) < 4.78 is 0. The molecule has 0 spiro atoms. The first kappa shape index (κ1) is 26.2. The average Bonchev–Trinajstić information content (AvgIpc) is 2.83. The van der Waals surface area contributed by atoms with Gasteiger partial charge in [-0.15, -0.1) is 0 Å². The van der Waals surface area contributed by atoms with Crippen LogP contribution in [-0.2, 0) is 21.4 Å². The van der Waals surface area contributed by atoms with Crippen molar-refractivity contribution < 1.29 is 35.1 Å². The van der Waals surface area contributed by atoms with Gasteiger partial charge in [-0.1, -0.05) is 37.5 Å². The Morgan fingerprint density at radius 3 is 2.44 bits per heavy atom. The van der Waals surface area contributed by atoms with Crippen LogP contribution < -0.4 is 0 Å². The summed E-state index contributed by atoms with van der Waals surface area (Å²) >= 11 is 0. The van der Waals surface area contributed by atoms with Crippen molar-refractivity contribution in [2.45, 2.75) is 82.5 Å². The summed E-state index contributed by atoms with van der Waals surface area (Å²) in [7, 11) is 0. The lowest BCUT2D eigenvalue weighted by molar-refractivity contribution is -0.165. The summed E-state index contributed by atoms with van der Waals surface area (Å²) in [6, 6.07) is 6.87. The quantitative estimate of drug-likeness (QED) is 0.396. The molecule has 3 aliphatic rings. The van der Waals surface area contributed by atoms with Gasteiger partial charge in [0.05, 0.1) is 0 Å². The van der Waals surface area contributed by atoms with Crippen molar-refractivity contribution in [3.63, 3.8) is 0 Å². The molecule has 8 nitrogen and oxygen atoms in total. The SMILES string of the molecule is CC/C(C)=C/CN1CC[C@]23CCCC[C@H]2[C@H]1Cc1ccc(O)cc13.O=C(O)[C@H](O)[C@@H](O)C(=O)O. The van der Waals surface area contributed by atoms with Crippen LogP contribution in [0.2, 0.25) is 0 Å². The number of hydrogen-bond acceptors (Lipinski definition) is 6. The molecule has 2 fully saturated rings. The topological polar surface area (TPSA) is 139 Å². The van der Waals surface area contributed by atoms with Crippen molar-refractivity contribution in [2.24, 2.45) is 5.92 Å². The van der Waals surface area contributed by atoms with Crippen LogP contribution in [0.3, 0.4) is 0 Å². The highest BCUT2D eigenvalue weighted by Gasteiger charge is 2.53. The zero-order chi connectivity index (χ0) is 25.0. The number of hydrogen-bond donors (Lipinski definition) is 5. The standard InChI is InChI=1S/C22H31NO.C4H6O6/c1-3-16(2)9-12-23-13-11-22-10-5-4-6-19(22)21(23)14-17-7-8-18(24)15-20(17)22;5-1(3(7)8)2(6)4(9)10/h7-9,15,19,21,24H,3-6,10-14H2,1-2H3;1-2,5-6H,(H,7,8)(H,9,10)/b16-9+;/t19-,21+,22+;1-,2-/m01/s1. The van der Waals surface area contributed by atoms with E-state index in [1.54, 1.807) is 0 Å². The van der Waals surface area contributed by atoms with Crippen molar-refractivity contribution in [2.75, 3.05) is 13.1 Å². The van der Waals surface area contributed by atoms with Gasteiger partial charge in [-0.25, -0.2) is 9.59 Å². The van der Waals surface area contributed by atoms with Crippen LogP contribution in [0.4, 0.5) is 0 Å². The van der Waals surface area contributed by atoms with E-state index >= 15 is 0 Å². The molecule has 1 saturated heterocycles. The molecule has 34 heavy (non-hydrogen) atoms. The van der Waals surface area contributed by atoms with E-state index in [1.165, 1.54) is 61.8 Å². The van der Waals surface area contributed by atoms with Gasteiger partial charge in [0, 0.05) is 18.0 Å². The summed E-state index contributed by atoms with van der Waals surface area (Å²) in [5, 5.41) is 42.6. The minimum absolute atomic E-state index is 0.343. The van der Waals surface area contributed by atoms with Crippen LogP contribution in [0.15, 0.2) is 29.8 Å². The first-order chi connectivity index (χ1) is 16.1. The second-order valence-electron chi connectivity index (χ2n) is 9.84. The highest BCUT2D eigenvalue weighted by Crippen LogP contribution is 2.56. The number of phenolic OH excluding ortho intramolecular Hbond substituents is 1. The summed E-state index contributed by atoms with van der Waals surface area (Å²) in [4.78, 5) is 22.3. The van der Waals surface area contributed by atoms with Gasteiger partial charge in [0.2, 0.25) is 0 Å². The monoisotopic (exact) mass is 475 g/mol. The fourth-order valence-corrected chi connectivity index (χ4v) is 5.99. The van der Waals surface area contributed by atoms with E-state index in [1.807, 2.05) is 6.07 Å². The van der Waals surface area contributed by atoms with Crippen molar-refractivity contribution in [3.8, 4) is 5.75 Å². The summed E-state index contributed by atoms with van der Waals surface area (Å²) in [5.41, 5.74) is 4.84. The molecular formula is C26H37NO7. The van der Waals surface area contributed by atoms with Crippen LogP contribution in [0.25, 0.3) is 0 Å². The largest absolute Gasteiger partial charge is 0.508 e. The highest BCUT2D eigenvalue weighted by molar-refractivity contribution is 5.83. The number of phenols is 1. The minimum atomic E-state index is -2.27. The van der Waals surface area contributed by atoms with E-state index in [9.17, 15) is 14.7 Å². The summed E-state index contributed by atoms with van der Waals surface area (Å²) in [6.45, 7) is 6.83. The first-order valence-electron chi connectivity index (χ1n) is 12.1. The second kappa shape index (κ2) is 10.9. The molecular weight excluding hydrogens is 438 g/mol. The van der Waals surface area contributed by atoms with Crippen molar-refractivity contribution in [3.05, 3.63) is 41.0 Å². The van der Waals surface area contributed by atoms with Gasteiger partial charge in [0.15, 0.2) is 12.2 Å². The Bertz CT molecular complexity index is 912. The maximum absolute atomic E-state index is 10.1. The van der Waals surface area contributed by atoms with Gasteiger partial charge in [0.1, 0.15) is 5.75 Å². The number of piperidine rings is 1. The highest BCUT2D eigenvalue weighted by atomic mass is 16.4. The van der Waals surface area contributed by atoms with Crippen molar-refractivity contribution >= 4 is 11.9 Å². The molecule has 188 valence electrons. The molecule has 0 aromatic heterocycles. The molecule has 2 bridgehead atoms. The van der Waals surface area contributed by atoms with Crippen LogP contribution in [0, 0.1) is 5.92 Å². The maximum Gasteiger partial charge on any atom is 0.335 e. The van der Waals surface area contributed by atoms with Crippen LogP contribution in [0.1, 0.15) is 63.5 Å². The van der Waals surface area contributed by atoms with Gasteiger partial charge in [-0.05, 0) is 74.8 Å². The fraction of sp³-hybridized carbons (Fsp3) is 0.615. The third-order valence-electron chi connectivity index (χ3n) is 7.97. The number of aliphatic carboxylic acids is 2. The van der Waals surface area contributed by atoms with Gasteiger partial charge in [0.25, 0.3) is 0 Å². The van der Waals surface area contributed by atoms with Gasteiger partial charge >= 0.3 is 11.9 Å². The zero-order valence-corrected chi connectivity index (χ0v) is 20.0. The maximum atomic E-state index is 10.1. The van der Waals surface area contributed by atoms with Crippen molar-refractivity contribution in [1.82, 2.24) is 4.90 Å². The number of benzene rings is 1. The van der Waals surface area contributed by atoms with Gasteiger partial charge in [-0.2, -0.15) is 0 Å². The van der Waals surface area contributed by atoms with Crippen LogP contribution >= 0.6 is 0 Å². The van der Waals surface area contributed by atoms with Crippen molar-refractivity contribution in [1.29, 1.82) is 0 Å². The Morgan fingerprint density at radius 2 is 1.82 bits per heavy atom. The number of aromatic hydroxyl groups is 1. The molecule has 0 amide bonds. The Balaban J connectivity index is 0.000000277. The number of fused-ring (bicyclic) bond motifs is 1. The third kappa shape index (κ3) is 5.29. The Labute approximate surface area is 200 Å². The number of aliphatic hydroxyl groups excluding tert-OH is 2. The molecule has 5 atom stereocenters.